The first kappa shape index (κ1) is 15.3. The van der Waals surface area contributed by atoms with Gasteiger partial charge in [0.1, 0.15) is 23.7 Å². The predicted molar refractivity (Wildman–Crippen MR) is 71.2 cm³/mol. The average Bonchev–Trinajstić information content (AvgIpc) is 2.33. The van der Waals surface area contributed by atoms with Gasteiger partial charge in [0.25, 0.3) is 0 Å². The summed E-state index contributed by atoms with van der Waals surface area (Å²) in [6.07, 6.45) is 0. The number of aromatic carboxylic acids is 1. The van der Waals surface area contributed by atoms with E-state index in [-0.39, 0.29) is 23.5 Å². The Labute approximate surface area is 113 Å². The van der Waals surface area contributed by atoms with E-state index in [0.29, 0.717) is 12.4 Å². The summed E-state index contributed by atoms with van der Waals surface area (Å²) in [4.78, 5) is 11.1. The number of methoxy groups -OCH3 is 1. The fourth-order valence-corrected chi connectivity index (χ4v) is 1.43. The number of hydrogen-bond acceptors (Lipinski definition) is 4. The lowest BCUT2D eigenvalue weighted by atomic mass is 10.2. The second-order valence-electron chi connectivity index (χ2n) is 4.98. The number of benzene rings is 1. The molecule has 0 amide bonds. The van der Waals surface area contributed by atoms with Gasteiger partial charge < -0.3 is 19.3 Å². The summed E-state index contributed by atoms with van der Waals surface area (Å²) < 4.78 is 16.0. The van der Waals surface area contributed by atoms with E-state index in [0.717, 1.165) is 0 Å². The number of carbonyl (C=O) groups is 1. The van der Waals surface area contributed by atoms with E-state index >= 15 is 0 Å². The van der Waals surface area contributed by atoms with Gasteiger partial charge in [0.05, 0.1) is 19.3 Å². The maximum atomic E-state index is 11.1. The maximum Gasteiger partial charge on any atom is 0.339 e. The van der Waals surface area contributed by atoms with Crippen molar-refractivity contribution in [2.75, 3.05) is 20.3 Å². The van der Waals surface area contributed by atoms with Crippen molar-refractivity contribution in [3.63, 3.8) is 0 Å². The van der Waals surface area contributed by atoms with Gasteiger partial charge in [0.2, 0.25) is 0 Å². The smallest absolute Gasteiger partial charge is 0.339 e. The lowest BCUT2D eigenvalue weighted by Gasteiger charge is -2.19. The van der Waals surface area contributed by atoms with Crippen molar-refractivity contribution in [2.24, 2.45) is 0 Å². The molecule has 0 aromatic heterocycles. The van der Waals surface area contributed by atoms with Crippen molar-refractivity contribution in [2.45, 2.75) is 26.4 Å². The maximum absolute atomic E-state index is 11.1. The molecular weight excluding hydrogens is 248 g/mol. The van der Waals surface area contributed by atoms with Crippen LogP contribution >= 0.6 is 0 Å². The average molecular weight is 268 g/mol. The summed E-state index contributed by atoms with van der Waals surface area (Å²) in [5.41, 5.74) is -0.135. The number of ether oxygens (including phenoxy) is 3. The molecule has 0 aliphatic rings. The standard InChI is InChI=1S/C14H20O5/c1-14(2,3)19-8-7-18-12-9-10(17-4)5-6-11(12)13(15)16/h5-6,9H,7-8H2,1-4H3,(H,15,16). The third kappa shape index (κ3) is 5.18. The molecule has 0 saturated heterocycles. The molecule has 0 heterocycles. The largest absolute Gasteiger partial charge is 0.497 e. The van der Waals surface area contributed by atoms with E-state index < -0.39 is 5.97 Å². The van der Waals surface area contributed by atoms with Gasteiger partial charge in [-0.25, -0.2) is 4.79 Å². The fourth-order valence-electron chi connectivity index (χ4n) is 1.43. The fraction of sp³-hybridized carbons (Fsp3) is 0.500. The highest BCUT2D eigenvalue weighted by atomic mass is 16.5. The molecule has 0 fully saturated rings. The van der Waals surface area contributed by atoms with Gasteiger partial charge in [-0.3, -0.25) is 0 Å². The molecule has 1 rings (SSSR count). The third-order valence-electron chi connectivity index (χ3n) is 2.30. The molecule has 0 aliphatic heterocycles. The zero-order valence-electron chi connectivity index (χ0n) is 11.7. The second kappa shape index (κ2) is 6.43. The molecule has 1 aromatic carbocycles. The van der Waals surface area contributed by atoms with Crippen molar-refractivity contribution in [3.8, 4) is 11.5 Å². The third-order valence-corrected chi connectivity index (χ3v) is 2.30. The minimum absolute atomic E-state index is 0.108. The summed E-state index contributed by atoms with van der Waals surface area (Å²) in [5, 5.41) is 9.06. The van der Waals surface area contributed by atoms with E-state index in [4.69, 9.17) is 19.3 Å². The Morgan fingerprint density at radius 3 is 2.47 bits per heavy atom. The molecule has 5 nitrogen and oxygen atoms in total. The van der Waals surface area contributed by atoms with Gasteiger partial charge in [-0.1, -0.05) is 0 Å². The van der Waals surface area contributed by atoms with E-state index in [1.807, 2.05) is 20.8 Å². The normalized spacial score (nSPS) is 11.2. The summed E-state index contributed by atoms with van der Waals surface area (Å²) in [6.45, 7) is 6.51. The molecule has 0 radical (unpaired) electrons. The molecular formula is C14H20O5. The van der Waals surface area contributed by atoms with Crippen LogP contribution in [0.25, 0.3) is 0 Å². The molecule has 0 bridgehead atoms. The Morgan fingerprint density at radius 2 is 1.95 bits per heavy atom. The van der Waals surface area contributed by atoms with Crippen molar-refractivity contribution in [1.29, 1.82) is 0 Å². The molecule has 5 heteroatoms. The lowest BCUT2D eigenvalue weighted by Crippen LogP contribution is -2.22. The molecule has 1 N–H and O–H groups in total. The zero-order valence-corrected chi connectivity index (χ0v) is 11.7. The highest BCUT2D eigenvalue weighted by Gasteiger charge is 2.13. The van der Waals surface area contributed by atoms with E-state index in [2.05, 4.69) is 0 Å². The SMILES string of the molecule is COc1ccc(C(=O)O)c(OCCOC(C)(C)C)c1. The lowest BCUT2D eigenvalue weighted by molar-refractivity contribution is -0.0164. The Balaban J connectivity index is 2.67. The first-order chi connectivity index (χ1) is 8.83. The molecule has 0 spiro atoms. The van der Waals surface area contributed by atoms with Crippen LogP contribution in [0.4, 0.5) is 0 Å². The van der Waals surface area contributed by atoms with Crippen LogP contribution in [0.1, 0.15) is 31.1 Å². The van der Waals surface area contributed by atoms with E-state index in [1.54, 1.807) is 12.1 Å². The predicted octanol–water partition coefficient (Wildman–Crippen LogP) is 2.59. The molecule has 106 valence electrons. The Bertz CT molecular complexity index is 434. The van der Waals surface area contributed by atoms with E-state index in [9.17, 15) is 4.79 Å². The molecule has 0 unspecified atom stereocenters. The van der Waals surface area contributed by atoms with Crippen LogP contribution in [0, 0.1) is 0 Å². The zero-order chi connectivity index (χ0) is 14.5. The monoisotopic (exact) mass is 268 g/mol. The van der Waals surface area contributed by atoms with Crippen LogP contribution in [0.5, 0.6) is 11.5 Å². The summed E-state index contributed by atoms with van der Waals surface area (Å²) in [5.74, 6) is -0.199. The van der Waals surface area contributed by atoms with Gasteiger partial charge in [-0.15, -0.1) is 0 Å². The minimum atomic E-state index is -1.03. The minimum Gasteiger partial charge on any atom is -0.497 e. The number of hydrogen-bond donors (Lipinski definition) is 1. The number of carboxylic acids is 1. The van der Waals surface area contributed by atoms with Gasteiger partial charge in [0.15, 0.2) is 0 Å². The summed E-state index contributed by atoms with van der Waals surface area (Å²) in [6, 6.07) is 4.60. The first-order valence-corrected chi connectivity index (χ1v) is 6.01. The number of rotatable bonds is 6. The molecule has 1 aromatic rings. The van der Waals surface area contributed by atoms with Crippen molar-refractivity contribution < 1.29 is 24.1 Å². The Hall–Kier alpha value is -1.75. The van der Waals surface area contributed by atoms with Gasteiger partial charge in [-0.05, 0) is 32.9 Å². The van der Waals surface area contributed by atoms with Gasteiger partial charge in [0, 0.05) is 6.07 Å². The van der Waals surface area contributed by atoms with Crippen LogP contribution in [0.2, 0.25) is 0 Å². The highest BCUT2D eigenvalue weighted by molar-refractivity contribution is 5.91. The van der Waals surface area contributed by atoms with Crippen LogP contribution in [-0.2, 0) is 4.74 Å². The quantitative estimate of drug-likeness (QED) is 0.803. The second-order valence-corrected chi connectivity index (χ2v) is 4.98. The molecule has 0 aliphatic carbocycles. The summed E-state index contributed by atoms with van der Waals surface area (Å²) in [7, 11) is 1.52. The van der Waals surface area contributed by atoms with Crippen LogP contribution in [0.3, 0.4) is 0 Å². The topological polar surface area (TPSA) is 65.0 Å². The Kier molecular flexibility index (Phi) is 5.18. The molecule has 0 atom stereocenters. The first-order valence-electron chi connectivity index (χ1n) is 6.01. The van der Waals surface area contributed by atoms with Crippen LogP contribution in [-0.4, -0.2) is 37.0 Å². The highest BCUT2D eigenvalue weighted by Crippen LogP contribution is 2.24. The van der Waals surface area contributed by atoms with Gasteiger partial charge in [-0.2, -0.15) is 0 Å². The Morgan fingerprint density at radius 1 is 1.26 bits per heavy atom. The molecule has 0 saturated carbocycles. The van der Waals surface area contributed by atoms with E-state index in [1.165, 1.54) is 13.2 Å². The van der Waals surface area contributed by atoms with Crippen molar-refractivity contribution in [1.82, 2.24) is 0 Å². The van der Waals surface area contributed by atoms with Crippen molar-refractivity contribution in [3.05, 3.63) is 23.8 Å². The van der Waals surface area contributed by atoms with Crippen LogP contribution < -0.4 is 9.47 Å². The summed E-state index contributed by atoms with van der Waals surface area (Å²) >= 11 is 0. The molecule has 19 heavy (non-hydrogen) atoms. The van der Waals surface area contributed by atoms with Crippen LogP contribution in [0.15, 0.2) is 18.2 Å². The van der Waals surface area contributed by atoms with Crippen molar-refractivity contribution >= 4 is 5.97 Å². The van der Waals surface area contributed by atoms with Gasteiger partial charge >= 0.3 is 5.97 Å². The number of carboxylic acid groups (broad SMARTS) is 1.